The van der Waals surface area contributed by atoms with Crippen LogP contribution in [0.1, 0.15) is 11.6 Å². The highest BCUT2D eigenvalue weighted by atomic mass is 16.6. The van der Waals surface area contributed by atoms with Crippen LogP contribution in [-0.4, -0.2) is 52.7 Å². The number of hydrogen-bond donors (Lipinski definition) is 2. The Morgan fingerprint density at radius 3 is 2.89 bits per heavy atom. The first-order valence-electron chi connectivity index (χ1n) is 5.79. The van der Waals surface area contributed by atoms with E-state index >= 15 is 0 Å². The van der Waals surface area contributed by atoms with Gasteiger partial charge in [-0.15, -0.1) is 0 Å². The molecule has 2 rings (SSSR count). The number of aromatic nitrogens is 2. The van der Waals surface area contributed by atoms with Gasteiger partial charge in [-0.05, 0) is 0 Å². The van der Waals surface area contributed by atoms with Gasteiger partial charge >= 0.3 is 5.97 Å². The number of carboxylic acids is 1. The molecule has 1 fully saturated rings. The highest BCUT2D eigenvalue weighted by Crippen LogP contribution is 2.13. The summed E-state index contributed by atoms with van der Waals surface area (Å²) in [4.78, 5) is 23.1. The van der Waals surface area contributed by atoms with Crippen molar-refractivity contribution in [1.29, 1.82) is 0 Å². The molecule has 0 aliphatic carbocycles. The van der Waals surface area contributed by atoms with E-state index in [0.717, 1.165) is 0 Å². The van der Waals surface area contributed by atoms with Crippen molar-refractivity contribution in [3.8, 4) is 0 Å². The monoisotopic (exact) mass is 269 g/mol. The fourth-order valence-corrected chi connectivity index (χ4v) is 1.75. The lowest BCUT2D eigenvalue weighted by Gasteiger charge is -2.23. The van der Waals surface area contributed by atoms with Gasteiger partial charge in [-0.2, -0.15) is 5.10 Å². The minimum atomic E-state index is -1.15. The Kier molecular flexibility index (Phi) is 4.13. The smallest absolute Gasteiger partial charge is 0.331 e. The highest BCUT2D eigenvalue weighted by molar-refractivity contribution is 5.87. The molecule has 1 amide bonds. The van der Waals surface area contributed by atoms with E-state index in [0.29, 0.717) is 18.8 Å². The minimum Gasteiger partial charge on any atom is -0.479 e. The van der Waals surface area contributed by atoms with E-state index in [1.54, 1.807) is 7.05 Å². The van der Waals surface area contributed by atoms with E-state index in [9.17, 15) is 9.59 Å². The van der Waals surface area contributed by atoms with Crippen molar-refractivity contribution in [2.45, 2.75) is 12.1 Å². The number of ether oxygens (including phenoxy) is 2. The Balaban J connectivity index is 2.04. The highest BCUT2D eigenvalue weighted by Gasteiger charge is 2.29. The van der Waals surface area contributed by atoms with Crippen LogP contribution in [0.5, 0.6) is 0 Å². The molecule has 2 heterocycles. The second-order valence-electron chi connectivity index (χ2n) is 4.16. The van der Waals surface area contributed by atoms with E-state index < -0.39 is 24.0 Å². The molecule has 1 saturated heterocycles. The number of aryl methyl sites for hydroxylation is 1. The van der Waals surface area contributed by atoms with Gasteiger partial charge in [0.05, 0.1) is 26.0 Å². The van der Waals surface area contributed by atoms with Crippen LogP contribution in [0.25, 0.3) is 0 Å². The first-order chi connectivity index (χ1) is 9.08. The number of hydrogen-bond acceptors (Lipinski definition) is 5. The van der Waals surface area contributed by atoms with Gasteiger partial charge in [0.15, 0.2) is 12.1 Å². The summed E-state index contributed by atoms with van der Waals surface area (Å²) in [5, 5.41) is 15.5. The molecule has 2 atom stereocenters. The van der Waals surface area contributed by atoms with Gasteiger partial charge in [0, 0.05) is 18.8 Å². The molecule has 0 saturated carbocycles. The fourth-order valence-electron chi connectivity index (χ4n) is 1.75. The third kappa shape index (κ3) is 3.30. The number of carboxylic acid groups (broad SMARTS) is 1. The molecule has 0 bridgehead atoms. The van der Waals surface area contributed by atoms with Gasteiger partial charge in [-0.3, -0.25) is 9.48 Å². The summed E-state index contributed by atoms with van der Waals surface area (Å²) in [5.41, 5.74) is 0.403. The van der Waals surface area contributed by atoms with Crippen molar-refractivity contribution in [2.75, 3.05) is 19.8 Å². The molecule has 8 nitrogen and oxygen atoms in total. The minimum absolute atomic E-state index is 0.130. The van der Waals surface area contributed by atoms with Gasteiger partial charge in [0.25, 0.3) is 5.91 Å². The van der Waals surface area contributed by atoms with Crippen molar-refractivity contribution >= 4 is 11.9 Å². The van der Waals surface area contributed by atoms with Crippen LogP contribution in [0.15, 0.2) is 12.4 Å². The summed E-state index contributed by atoms with van der Waals surface area (Å²) >= 11 is 0. The van der Waals surface area contributed by atoms with Gasteiger partial charge in [-0.1, -0.05) is 0 Å². The van der Waals surface area contributed by atoms with Crippen molar-refractivity contribution in [1.82, 2.24) is 15.1 Å². The zero-order valence-electron chi connectivity index (χ0n) is 10.4. The summed E-state index contributed by atoms with van der Waals surface area (Å²) in [5.74, 6) is -1.66. The molecule has 19 heavy (non-hydrogen) atoms. The van der Waals surface area contributed by atoms with Gasteiger partial charge < -0.3 is 19.9 Å². The Bertz CT molecular complexity index is 467. The number of carbonyl (C=O) groups excluding carboxylic acids is 1. The van der Waals surface area contributed by atoms with Gasteiger partial charge in [0.2, 0.25) is 0 Å². The van der Waals surface area contributed by atoms with E-state index in [1.165, 1.54) is 17.1 Å². The predicted molar refractivity (Wildman–Crippen MR) is 62.3 cm³/mol. The summed E-state index contributed by atoms with van der Waals surface area (Å²) < 4.78 is 11.8. The number of amides is 1. The number of aliphatic carboxylic acids is 1. The largest absolute Gasteiger partial charge is 0.479 e. The standard InChI is InChI=1S/C11H15N3O5/c1-14-5-7(4-12-14)9(11(16)17)13-10(15)8-6-18-2-3-19-8/h4-5,8-9H,2-3,6H2,1H3,(H,13,15)(H,16,17). The maximum absolute atomic E-state index is 11.9. The lowest BCUT2D eigenvalue weighted by atomic mass is 10.1. The first-order valence-corrected chi connectivity index (χ1v) is 5.79. The summed E-state index contributed by atoms with van der Waals surface area (Å²) in [7, 11) is 1.67. The number of carbonyl (C=O) groups is 2. The lowest BCUT2D eigenvalue weighted by Crippen LogP contribution is -2.45. The van der Waals surface area contributed by atoms with Crippen LogP contribution in [0.2, 0.25) is 0 Å². The Morgan fingerprint density at radius 2 is 2.37 bits per heavy atom. The second kappa shape index (κ2) is 5.81. The molecule has 8 heteroatoms. The first kappa shape index (κ1) is 13.5. The lowest BCUT2D eigenvalue weighted by molar-refractivity contribution is -0.152. The SMILES string of the molecule is Cn1cc(C(NC(=O)C2COCCO2)C(=O)O)cn1. The predicted octanol–water partition coefficient (Wildman–Crippen LogP) is -0.923. The summed E-state index contributed by atoms with van der Waals surface area (Å²) in [6.07, 6.45) is 2.17. The molecule has 1 aromatic heterocycles. The molecular formula is C11H15N3O5. The molecule has 1 aliphatic heterocycles. The van der Waals surface area contributed by atoms with Crippen LogP contribution >= 0.6 is 0 Å². The fraction of sp³-hybridized carbons (Fsp3) is 0.545. The molecule has 0 spiro atoms. The van der Waals surface area contributed by atoms with Crippen molar-refractivity contribution in [2.24, 2.45) is 7.05 Å². The molecule has 0 aromatic carbocycles. The van der Waals surface area contributed by atoms with Crippen LogP contribution < -0.4 is 5.32 Å². The average Bonchev–Trinajstić information content (AvgIpc) is 2.82. The second-order valence-corrected chi connectivity index (χ2v) is 4.16. The van der Waals surface area contributed by atoms with Crippen LogP contribution in [0, 0.1) is 0 Å². The van der Waals surface area contributed by atoms with Crippen LogP contribution in [0.4, 0.5) is 0 Å². The van der Waals surface area contributed by atoms with Crippen molar-refractivity contribution in [3.05, 3.63) is 18.0 Å². The number of nitrogens with one attached hydrogen (secondary N) is 1. The number of nitrogens with zero attached hydrogens (tertiary/aromatic N) is 2. The van der Waals surface area contributed by atoms with E-state index in [1.807, 2.05) is 0 Å². The summed E-state index contributed by atoms with van der Waals surface area (Å²) in [6, 6.07) is -1.15. The number of rotatable bonds is 4. The summed E-state index contributed by atoms with van der Waals surface area (Å²) in [6.45, 7) is 0.892. The molecule has 1 aromatic rings. The molecule has 2 unspecified atom stereocenters. The Labute approximate surface area is 109 Å². The normalized spacial score (nSPS) is 20.8. The van der Waals surface area contributed by atoms with Gasteiger partial charge in [0.1, 0.15) is 0 Å². The van der Waals surface area contributed by atoms with E-state index in [4.69, 9.17) is 14.6 Å². The third-order valence-corrected chi connectivity index (χ3v) is 2.70. The van der Waals surface area contributed by atoms with Gasteiger partial charge in [-0.25, -0.2) is 4.79 Å². The van der Waals surface area contributed by atoms with Crippen molar-refractivity contribution in [3.63, 3.8) is 0 Å². The van der Waals surface area contributed by atoms with Crippen LogP contribution in [-0.2, 0) is 26.1 Å². The maximum atomic E-state index is 11.9. The van der Waals surface area contributed by atoms with E-state index in [-0.39, 0.29) is 6.61 Å². The molecule has 1 aliphatic rings. The molecule has 2 N–H and O–H groups in total. The third-order valence-electron chi connectivity index (χ3n) is 2.70. The van der Waals surface area contributed by atoms with Crippen molar-refractivity contribution < 1.29 is 24.2 Å². The van der Waals surface area contributed by atoms with Crippen LogP contribution in [0.3, 0.4) is 0 Å². The molecular weight excluding hydrogens is 254 g/mol. The Morgan fingerprint density at radius 1 is 1.58 bits per heavy atom. The molecule has 104 valence electrons. The topological polar surface area (TPSA) is 103 Å². The Hall–Kier alpha value is -1.93. The average molecular weight is 269 g/mol. The van der Waals surface area contributed by atoms with E-state index in [2.05, 4.69) is 10.4 Å². The zero-order chi connectivity index (χ0) is 13.8. The maximum Gasteiger partial charge on any atom is 0.331 e. The molecule has 0 radical (unpaired) electrons. The zero-order valence-corrected chi connectivity index (χ0v) is 10.4. The quantitative estimate of drug-likeness (QED) is 0.732.